The minimum atomic E-state index is -0.124. The van der Waals surface area contributed by atoms with Gasteiger partial charge in [0.2, 0.25) is 0 Å². The number of rotatable bonds is 6. The van der Waals surface area contributed by atoms with Gasteiger partial charge in [-0.2, -0.15) is 0 Å². The highest BCUT2D eigenvalue weighted by Gasteiger charge is 2.30. The van der Waals surface area contributed by atoms with Gasteiger partial charge in [0.25, 0.3) is 5.91 Å². The van der Waals surface area contributed by atoms with Gasteiger partial charge in [0.1, 0.15) is 10.7 Å². The minimum absolute atomic E-state index is 0.0153. The second-order valence-corrected chi connectivity index (χ2v) is 8.38. The number of carbonyl (C=O) groups is 1. The van der Waals surface area contributed by atoms with E-state index in [0.29, 0.717) is 18.9 Å². The van der Waals surface area contributed by atoms with Crippen LogP contribution in [0.25, 0.3) is 10.9 Å². The summed E-state index contributed by atoms with van der Waals surface area (Å²) in [5, 5.41) is 7.06. The molecule has 2 atom stereocenters. The molecular weight excluding hydrogens is 372 g/mol. The normalized spacial score (nSPS) is 19.4. The molecule has 1 aromatic carbocycles. The fraction of sp³-hybridized carbons (Fsp3) is 0.381. The Morgan fingerprint density at radius 2 is 2.14 bits per heavy atom. The molecule has 146 valence electrons. The van der Waals surface area contributed by atoms with Crippen LogP contribution < -0.4 is 5.32 Å². The molecule has 2 unspecified atom stereocenters. The minimum Gasteiger partial charge on any atom is -0.379 e. The maximum Gasteiger partial charge on any atom is 0.271 e. The Bertz CT molecular complexity index is 966. The van der Waals surface area contributed by atoms with Crippen molar-refractivity contribution in [1.82, 2.24) is 20.2 Å². The number of nitrogens with zero attached hydrogens (tertiary/aromatic N) is 3. The molecular formula is C21H24N4O2S. The molecule has 28 heavy (non-hydrogen) atoms. The number of amides is 1. The van der Waals surface area contributed by atoms with Crippen LogP contribution in [0.4, 0.5) is 0 Å². The lowest BCUT2D eigenvalue weighted by Gasteiger charge is -2.19. The van der Waals surface area contributed by atoms with Gasteiger partial charge in [-0.15, -0.1) is 11.3 Å². The molecule has 6 nitrogen and oxygen atoms in total. The predicted molar refractivity (Wildman–Crippen MR) is 111 cm³/mol. The van der Waals surface area contributed by atoms with Crippen molar-refractivity contribution in [2.75, 3.05) is 27.3 Å². The molecule has 4 rings (SSSR count). The summed E-state index contributed by atoms with van der Waals surface area (Å²) in [7, 11) is 3.98. The number of aromatic nitrogens is 2. The summed E-state index contributed by atoms with van der Waals surface area (Å²) in [6, 6.07) is 10.2. The van der Waals surface area contributed by atoms with Crippen molar-refractivity contribution in [3.8, 4) is 0 Å². The van der Waals surface area contributed by atoms with E-state index in [-0.39, 0.29) is 17.9 Å². The number of ether oxygens (including phenoxy) is 1. The lowest BCUT2D eigenvalue weighted by molar-refractivity contribution is 0.0920. The Hall–Kier alpha value is -2.35. The Morgan fingerprint density at radius 1 is 1.29 bits per heavy atom. The zero-order chi connectivity index (χ0) is 19.5. The third kappa shape index (κ3) is 4.22. The van der Waals surface area contributed by atoms with E-state index in [9.17, 15) is 4.79 Å². The van der Waals surface area contributed by atoms with Crippen LogP contribution in [0.3, 0.4) is 0 Å². The van der Waals surface area contributed by atoms with Crippen LogP contribution in [-0.2, 0) is 17.7 Å². The SMILES string of the molecule is CN(C)Cc1nc(C(=O)NC2COCC2Cc2ccnc3ccccc23)cs1. The van der Waals surface area contributed by atoms with Gasteiger partial charge in [-0.3, -0.25) is 9.78 Å². The summed E-state index contributed by atoms with van der Waals surface area (Å²) in [4.78, 5) is 23.6. The van der Waals surface area contributed by atoms with Crippen LogP contribution in [0.5, 0.6) is 0 Å². The average Bonchev–Trinajstić information content (AvgIpc) is 3.31. The summed E-state index contributed by atoms with van der Waals surface area (Å²) in [6.07, 6.45) is 2.69. The number of hydrogen-bond acceptors (Lipinski definition) is 6. The molecule has 0 saturated carbocycles. The molecule has 0 aliphatic carbocycles. The number of pyridine rings is 1. The Morgan fingerprint density at radius 3 is 3.00 bits per heavy atom. The lowest BCUT2D eigenvalue weighted by atomic mass is 9.93. The van der Waals surface area contributed by atoms with E-state index < -0.39 is 0 Å². The first kappa shape index (κ1) is 19.0. The molecule has 1 amide bonds. The standard InChI is InChI=1S/C21H24N4O2S/c1-25(2)10-20-23-19(13-28-20)21(26)24-18-12-27-11-15(18)9-14-7-8-22-17-6-4-3-5-16(14)17/h3-8,13,15,18H,9-12H2,1-2H3,(H,24,26). The van der Waals surface area contributed by atoms with Crippen LogP contribution in [0.2, 0.25) is 0 Å². The van der Waals surface area contributed by atoms with E-state index in [4.69, 9.17) is 4.74 Å². The molecule has 1 aliphatic heterocycles. The largest absolute Gasteiger partial charge is 0.379 e. The number of hydrogen-bond donors (Lipinski definition) is 1. The summed E-state index contributed by atoms with van der Waals surface area (Å²) in [6.45, 7) is 1.92. The summed E-state index contributed by atoms with van der Waals surface area (Å²) >= 11 is 1.52. The summed E-state index contributed by atoms with van der Waals surface area (Å²) < 4.78 is 5.69. The Kier molecular flexibility index (Phi) is 5.66. The molecule has 7 heteroatoms. The summed E-state index contributed by atoms with van der Waals surface area (Å²) in [5.41, 5.74) is 2.72. The van der Waals surface area contributed by atoms with Gasteiger partial charge in [0.05, 0.1) is 24.8 Å². The molecule has 3 aromatic rings. The van der Waals surface area contributed by atoms with Gasteiger partial charge >= 0.3 is 0 Å². The first-order valence-corrected chi connectivity index (χ1v) is 10.3. The van der Waals surface area contributed by atoms with E-state index in [0.717, 1.165) is 28.9 Å². The van der Waals surface area contributed by atoms with Crippen molar-refractivity contribution in [1.29, 1.82) is 0 Å². The van der Waals surface area contributed by atoms with Gasteiger partial charge in [-0.1, -0.05) is 18.2 Å². The second-order valence-electron chi connectivity index (χ2n) is 7.43. The van der Waals surface area contributed by atoms with Crippen molar-refractivity contribution in [3.05, 3.63) is 58.2 Å². The molecule has 2 aromatic heterocycles. The van der Waals surface area contributed by atoms with Crippen molar-refractivity contribution < 1.29 is 9.53 Å². The highest BCUT2D eigenvalue weighted by Crippen LogP contribution is 2.24. The molecule has 1 aliphatic rings. The molecule has 3 heterocycles. The van der Waals surface area contributed by atoms with Crippen LogP contribution in [0.15, 0.2) is 41.9 Å². The van der Waals surface area contributed by atoms with E-state index in [1.54, 1.807) is 0 Å². The van der Waals surface area contributed by atoms with E-state index in [2.05, 4.69) is 27.4 Å². The average molecular weight is 397 g/mol. The number of carbonyl (C=O) groups excluding carboxylic acids is 1. The molecule has 0 bridgehead atoms. The van der Waals surface area contributed by atoms with Gasteiger partial charge in [-0.05, 0) is 38.2 Å². The molecule has 1 fully saturated rings. The van der Waals surface area contributed by atoms with Gasteiger partial charge in [0.15, 0.2) is 0 Å². The van der Waals surface area contributed by atoms with Crippen molar-refractivity contribution >= 4 is 28.1 Å². The third-order valence-corrected chi connectivity index (χ3v) is 5.81. The van der Waals surface area contributed by atoms with Gasteiger partial charge in [0, 0.05) is 29.4 Å². The van der Waals surface area contributed by atoms with Gasteiger partial charge in [-0.25, -0.2) is 4.98 Å². The van der Waals surface area contributed by atoms with Crippen molar-refractivity contribution in [2.24, 2.45) is 5.92 Å². The van der Waals surface area contributed by atoms with Crippen LogP contribution in [-0.4, -0.2) is 54.1 Å². The third-order valence-electron chi connectivity index (χ3n) is 4.97. The first-order chi connectivity index (χ1) is 13.6. The highest BCUT2D eigenvalue weighted by atomic mass is 32.1. The predicted octanol–water partition coefficient (Wildman–Crippen LogP) is 2.74. The monoisotopic (exact) mass is 396 g/mol. The van der Waals surface area contributed by atoms with Crippen LogP contribution >= 0.6 is 11.3 Å². The molecule has 0 radical (unpaired) electrons. The number of nitrogens with one attached hydrogen (secondary N) is 1. The fourth-order valence-electron chi connectivity index (χ4n) is 3.58. The Labute approximate surface area is 168 Å². The van der Waals surface area contributed by atoms with Crippen LogP contribution in [0.1, 0.15) is 21.1 Å². The fourth-order valence-corrected chi connectivity index (χ4v) is 4.47. The zero-order valence-corrected chi connectivity index (χ0v) is 16.9. The van der Waals surface area contributed by atoms with Crippen LogP contribution in [0, 0.1) is 5.92 Å². The molecule has 0 spiro atoms. The summed E-state index contributed by atoms with van der Waals surface area (Å²) in [5.74, 6) is 0.107. The van der Waals surface area contributed by atoms with Crippen molar-refractivity contribution in [2.45, 2.75) is 19.0 Å². The zero-order valence-electron chi connectivity index (χ0n) is 16.1. The van der Waals surface area contributed by atoms with E-state index >= 15 is 0 Å². The highest BCUT2D eigenvalue weighted by molar-refractivity contribution is 7.09. The lowest BCUT2D eigenvalue weighted by Crippen LogP contribution is -2.40. The van der Waals surface area contributed by atoms with E-state index in [1.807, 2.05) is 48.8 Å². The smallest absolute Gasteiger partial charge is 0.271 e. The number of para-hydroxylation sites is 1. The van der Waals surface area contributed by atoms with Gasteiger partial charge < -0.3 is 15.0 Å². The maximum atomic E-state index is 12.7. The second kappa shape index (κ2) is 8.34. The quantitative estimate of drug-likeness (QED) is 0.694. The molecule has 1 saturated heterocycles. The maximum absolute atomic E-state index is 12.7. The van der Waals surface area contributed by atoms with E-state index in [1.165, 1.54) is 16.9 Å². The number of fused-ring (bicyclic) bond motifs is 1. The number of thiazole rings is 1. The number of benzene rings is 1. The topological polar surface area (TPSA) is 67.4 Å². The first-order valence-electron chi connectivity index (χ1n) is 9.40. The van der Waals surface area contributed by atoms with Crippen molar-refractivity contribution in [3.63, 3.8) is 0 Å². The molecule has 1 N–H and O–H groups in total. The Balaban J connectivity index is 1.45.